The summed E-state index contributed by atoms with van der Waals surface area (Å²) in [4.78, 5) is 12.7. The summed E-state index contributed by atoms with van der Waals surface area (Å²) in [5.74, 6) is 0.774. The average Bonchev–Trinajstić information content (AvgIpc) is 2.78. The molecule has 1 unspecified atom stereocenters. The molecule has 134 valence electrons. The number of nitrogens with zero attached hydrogens (tertiary/aromatic N) is 1. The van der Waals surface area contributed by atoms with E-state index in [0.717, 1.165) is 19.3 Å². The highest BCUT2D eigenvalue weighted by atomic mass is 32.2. The molecule has 0 saturated carbocycles. The SMILES string of the molecule is CC1(C)CC(CCCOc2cccc(S(N)(=O)=O)c2)CN1C(=O)O. The van der Waals surface area contributed by atoms with E-state index in [9.17, 15) is 18.3 Å². The maximum atomic E-state index is 11.3. The molecule has 8 heteroatoms. The number of primary sulfonamides is 1. The molecule has 0 bridgehead atoms. The second-order valence-corrected chi connectivity index (χ2v) is 8.35. The molecule has 1 amide bonds. The van der Waals surface area contributed by atoms with Crippen molar-refractivity contribution in [3.05, 3.63) is 24.3 Å². The second kappa shape index (κ2) is 6.98. The fraction of sp³-hybridized carbons (Fsp3) is 0.562. The predicted octanol–water partition coefficient (Wildman–Crippen LogP) is 2.27. The van der Waals surface area contributed by atoms with Crippen molar-refractivity contribution < 1.29 is 23.1 Å². The number of benzene rings is 1. The van der Waals surface area contributed by atoms with Crippen molar-refractivity contribution in [3.63, 3.8) is 0 Å². The number of sulfonamides is 1. The van der Waals surface area contributed by atoms with Crippen LogP contribution in [0.2, 0.25) is 0 Å². The molecule has 1 aliphatic rings. The van der Waals surface area contributed by atoms with Crippen molar-refractivity contribution in [3.8, 4) is 5.75 Å². The normalized spacial score (nSPS) is 20.1. The minimum atomic E-state index is -3.74. The number of carbonyl (C=O) groups is 1. The number of hydrogen-bond acceptors (Lipinski definition) is 4. The zero-order valence-corrected chi connectivity index (χ0v) is 14.8. The zero-order chi connectivity index (χ0) is 18.0. The van der Waals surface area contributed by atoms with Gasteiger partial charge in [0.25, 0.3) is 0 Å². The van der Waals surface area contributed by atoms with Gasteiger partial charge >= 0.3 is 6.09 Å². The van der Waals surface area contributed by atoms with Gasteiger partial charge in [0.05, 0.1) is 11.5 Å². The van der Waals surface area contributed by atoms with Gasteiger partial charge in [-0.05, 0) is 51.2 Å². The number of amides is 1. The predicted molar refractivity (Wildman–Crippen MR) is 89.5 cm³/mol. The summed E-state index contributed by atoms with van der Waals surface area (Å²) < 4.78 is 28.2. The average molecular weight is 356 g/mol. The molecule has 0 aliphatic carbocycles. The van der Waals surface area contributed by atoms with Crippen molar-refractivity contribution in [1.29, 1.82) is 0 Å². The quantitative estimate of drug-likeness (QED) is 0.760. The zero-order valence-electron chi connectivity index (χ0n) is 13.9. The Balaban J connectivity index is 1.81. The van der Waals surface area contributed by atoms with Crippen LogP contribution >= 0.6 is 0 Å². The summed E-state index contributed by atoms with van der Waals surface area (Å²) in [7, 11) is -3.74. The Kier molecular flexibility index (Phi) is 5.39. The summed E-state index contributed by atoms with van der Waals surface area (Å²) in [5, 5.41) is 14.3. The number of hydrogen-bond donors (Lipinski definition) is 2. The van der Waals surface area contributed by atoms with E-state index in [2.05, 4.69) is 0 Å². The van der Waals surface area contributed by atoms with Gasteiger partial charge in [-0.3, -0.25) is 0 Å². The van der Waals surface area contributed by atoms with Gasteiger partial charge < -0.3 is 14.7 Å². The number of likely N-dealkylation sites (tertiary alicyclic amines) is 1. The van der Waals surface area contributed by atoms with Gasteiger partial charge in [-0.2, -0.15) is 0 Å². The van der Waals surface area contributed by atoms with E-state index in [0.29, 0.717) is 24.8 Å². The summed E-state index contributed by atoms with van der Waals surface area (Å²) in [6, 6.07) is 6.09. The minimum absolute atomic E-state index is 0.0228. The molecule has 1 heterocycles. The Morgan fingerprint density at radius 3 is 2.75 bits per heavy atom. The fourth-order valence-electron chi connectivity index (χ4n) is 3.22. The number of carboxylic acid groups (broad SMARTS) is 1. The van der Waals surface area contributed by atoms with Crippen LogP contribution in [0.4, 0.5) is 4.79 Å². The van der Waals surface area contributed by atoms with Crippen LogP contribution in [-0.2, 0) is 10.0 Å². The molecular formula is C16H24N2O5S. The second-order valence-electron chi connectivity index (χ2n) is 6.79. The summed E-state index contributed by atoms with van der Waals surface area (Å²) in [5.41, 5.74) is -0.332. The van der Waals surface area contributed by atoms with Gasteiger partial charge in [-0.25, -0.2) is 18.4 Å². The molecule has 0 spiro atoms. The third-order valence-electron chi connectivity index (χ3n) is 4.35. The van der Waals surface area contributed by atoms with E-state index in [1.807, 2.05) is 13.8 Å². The van der Waals surface area contributed by atoms with Crippen molar-refractivity contribution >= 4 is 16.1 Å². The van der Waals surface area contributed by atoms with Crippen LogP contribution in [0.25, 0.3) is 0 Å². The molecule has 1 fully saturated rings. The van der Waals surface area contributed by atoms with Crippen molar-refractivity contribution in [1.82, 2.24) is 4.90 Å². The number of nitrogens with two attached hydrogens (primary N) is 1. The molecule has 1 aromatic rings. The first kappa shape index (κ1) is 18.5. The lowest BCUT2D eigenvalue weighted by Crippen LogP contribution is -2.41. The van der Waals surface area contributed by atoms with Crippen LogP contribution in [0, 0.1) is 5.92 Å². The molecule has 3 N–H and O–H groups in total. The maximum Gasteiger partial charge on any atom is 0.407 e. The van der Waals surface area contributed by atoms with E-state index in [4.69, 9.17) is 9.88 Å². The van der Waals surface area contributed by atoms with Crippen LogP contribution < -0.4 is 9.88 Å². The van der Waals surface area contributed by atoms with Crippen LogP contribution in [0.1, 0.15) is 33.1 Å². The summed E-state index contributed by atoms with van der Waals surface area (Å²) in [6.07, 6.45) is 1.59. The molecule has 1 atom stereocenters. The number of ether oxygens (including phenoxy) is 1. The lowest BCUT2D eigenvalue weighted by molar-refractivity contribution is 0.117. The minimum Gasteiger partial charge on any atom is -0.494 e. The molecule has 24 heavy (non-hydrogen) atoms. The third kappa shape index (κ3) is 4.61. The highest BCUT2D eigenvalue weighted by molar-refractivity contribution is 7.89. The van der Waals surface area contributed by atoms with E-state index >= 15 is 0 Å². The number of rotatable bonds is 6. The third-order valence-corrected chi connectivity index (χ3v) is 5.26. The summed E-state index contributed by atoms with van der Waals surface area (Å²) in [6.45, 7) is 4.87. The first-order valence-electron chi connectivity index (χ1n) is 7.86. The lowest BCUT2D eigenvalue weighted by Gasteiger charge is -2.28. The molecule has 2 rings (SSSR count). The monoisotopic (exact) mass is 356 g/mol. The first-order chi connectivity index (χ1) is 11.1. The molecule has 7 nitrogen and oxygen atoms in total. The smallest absolute Gasteiger partial charge is 0.407 e. The van der Waals surface area contributed by atoms with Crippen molar-refractivity contribution in [2.24, 2.45) is 11.1 Å². The van der Waals surface area contributed by atoms with Crippen molar-refractivity contribution in [2.45, 2.75) is 43.5 Å². The van der Waals surface area contributed by atoms with Gasteiger partial charge in [0.2, 0.25) is 10.0 Å². The van der Waals surface area contributed by atoms with Crippen LogP contribution in [0.15, 0.2) is 29.2 Å². The molecule has 0 aromatic heterocycles. The Morgan fingerprint density at radius 1 is 1.46 bits per heavy atom. The Labute approximate surface area is 142 Å². The molecular weight excluding hydrogens is 332 g/mol. The van der Waals surface area contributed by atoms with Crippen LogP contribution in [-0.4, -0.2) is 43.2 Å². The molecule has 1 saturated heterocycles. The van der Waals surface area contributed by atoms with Crippen molar-refractivity contribution in [2.75, 3.05) is 13.2 Å². The van der Waals surface area contributed by atoms with E-state index in [1.165, 1.54) is 17.0 Å². The highest BCUT2D eigenvalue weighted by Gasteiger charge is 2.40. The van der Waals surface area contributed by atoms with Gasteiger partial charge in [0.1, 0.15) is 5.75 Å². The largest absolute Gasteiger partial charge is 0.494 e. The summed E-state index contributed by atoms with van der Waals surface area (Å²) >= 11 is 0. The van der Waals surface area contributed by atoms with Crippen LogP contribution in [0.3, 0.4) is 0 Å². The Bertz CT molecular complexity index is 702. The van der Waals surface area contributed by atoms with E-state index in [-0.39, 0.29) is 10.4 Å². The first-order valence-corrected chi connectivity index (χ1v) is 9.40. The standard InChI is InChI=1S/C16H24N2O5S/c1-16(2)10-12(11-18(16)15(19)20)5-4-8-23-13-6-3-7-14(9-13)24(17,21)22/h3,6-7,9,12H,4-5,8,10-11H2,1-2H3,(H,19,20)(H2,17,21,22). The molecule has 0 radical (unpaired) electrons. The van der Waals surface area contributed by atoms with Gasteiger partial charge in [0.15, 0.2) is 0 Å². The molecule has 1 aliphatic heterocycles. The Morgan fingerprint density at radius 2 is 2.17 bits per heavy atom. The topological polar surface area (TPSA) is 110 Å². The highest BCUT2D eigenvalue weighted by Crippen LogP contribution is 2.34. The Hall–Kier alpha value is -1.80. The van der Waals surface area contributed by atoms with Gasteiger partial charge in [-0.1, -0.05) is 6.07 Å². The van der Waals surface area contributed by atoms with Crippen LogP contribution in [0.5, 0.6) is 5.75 Å². The molecule has 1 aromatic carbocycles. The van der Waals surface area contributed by atoms with E-state index < -0.39 is 16.1 Å². The lowest BCUT2D eigenvalue weighted by atomic mass is 9.93. The van der Waals surface area contributed by atoms with Gasteiger partial charge in [0, 0.05) is 18.2 Å². The fourth-order valence-corrected chi connectivity index (χ4v) is 3.77. The van der Waals surface area contributed by atoms with E-state index in [1.54, 1.807) is 12.1 Å². The maximum absolute atomic E-state index is 11.3. The van der Waals surface area contributed by atoms with Gasteiger partial charge in [-0.15, -0.1) is 0 Å².